The number of carbonyl (C=O) groups is 2. The Morgan fingerprint density at radius 2 is 2.03 bits per heavy atom. The second-order valence-electron chi connectivity index (χ2n) is 8.79. The lowest BCUT2D eigenvalue weighted by Gasteiger charge is -2.38. The molecule has 1 saturated heterocycles. The molecule has 190 valence electrons. The maximum atomic E-state index is 12.8. The van der Waals surface area contributed by atoms with Gasteiger partial charge in [-0.25, -0.2) is 0 Å². The number of amides is 2. The SMILES string of the molecule is CCO[C@H]1OC(C(=O)NCCCN2CCCC2=O)=C[C@@H](C(C)C)[C@@H]1CCOCCOCCO. The second kappa shape index (κ2) is 15.3. The van der Waals surface area contributed by atoms with Crippen molar-refractivity contribution in [3.05, 3.63) is 11.8 Å². The van der Waals surface area contributed by atoms with Crippen LogP contribution in [-0.2, 0) is 28.5 Å². The lowest BCUT2D eigenvalue weighted by molar-refractivity contribution is -0.177. The summed E-state index contributed by atoms with van der Waals surface area (Å²) < 4.78 is 22.8. The van der Waals surface area contributed by atoms with Crippen LogP contribution in [0.4, 0.5) is 0 Å². The molecule has 0 bridgehead atoms. The monoisotopic (exact) mass is 470 g/mol. The predicted molar refractivity (Wildman–Crippen MR) is 123 cm³/mol. The normalized spacial score (nSPS) is 23.1. The molecule has 0 radical (unpaired) electrons. The highest BCUT2D eigenvalue weighted by Gasteiger charge is 2.38. The van der Waals surface area contributed by atoms with Crippen LogP contribution in [0.2, 0.25) is 0 Å². The molecule has 2 aliphatic rings. The zero-order valence-electron chi connectivity index (χ0n) is 20.4. The van der Waals surface area contributed by atoms with Gasteiger partial charge in [-0.3, -0.25) is 9.59 Å². The lowest BCUT2D eigenvalue weighted by Crippen LogP contribution is -2.42. The van der Waals surface area contributed by atoms with Gasteiger partial charge in [-0.05, 0) is 44.1 Å². The fourth-order valence-electron chi connectivity index (χ4n) is 4.30. The van der Waals surface area contributed by atoms with E-state index in [0.717, 1.165) is 25.8 Å². The molecular weight excluding hydrogens is 428 g/mol. The van der Waals surface area contributed by atoms with Gasteiger partial charge in [0, 0.05) is 45.2 Å². The Morgan fingerprint density at radius 1 is 1.27 bits per heavy atom. The zero-order chi connectivity index (χ0) is 24.1. The Kier molecular flexibility index (Phi) is 12.8. The summed E-state index contributed by atoms with van der Waals surface area (Å²) in [6, 6.07) is 0. The Hall–Kier alpha value is -1.68. The van der Waals surface area contributed by atoms with E-state index in [1.165, 1.54) is 0 Å². The minimum atomic E-state index is -0.510. The summed E-state index contributed by atoms with van der Waals surface area (Å²) in [7, 11) is 0. The van der Waals surface area contributed by atoms with E-state index in [9.17, 15) is 9.59 Å². The standard InChI is InChI=1S/C24H42N2O7/c1-4-32-24-19(8-13-30-15-16-31-14-12-27)20(18(2)3)17-21(33-24)23(29)25-9-6-11-26-10-5-7-22(26)28/h17-20,24,27H,4-16H2,1-3H3,(H,25,29)/t19-,20-,24-/m0/s1. The first-order valence-electron chi connectivity index (χ1n) is 12.3. The molecule has 1 fully saturated rings. The number of ether oxygens (including phenoxy) is 4. The maximum absolute atomic E-state index is 12.8. The van der Waals surface area contributed by atoms with Crippen molar-refractivity contribution in [3.63, 3.8) is 0 Å². The van der Waals surface area contributed by atoms with Crippen LogP contribution in [0.1, 0.15) is 46.5 Å². The van der Waals surface area contributed by atoms with Crippen molar-refractivity contribution >= 4 is 11.8 Å². The van der Waals surface area contributed by atoms with Crippen LogP contribution >= 0.6 is 0 Å². The van der Waals surface area contributed by atoms with E-state index in [4.69, 9.17) is 24.1 Å². The second-order valence-corrected chi connectivity index (χ2v) is 8.79. The zero-order valence-corrected chi connectivity index (χ0v) is 20.4. The van der Waals surface area contributed by atoms with E-state index < -0.39 is 6.29 Å². The maximum Gasteiger partial charge on any atom is 0.286 e. The molecule has 2 aliphatic heterocycles. The number of allylic oxidation sites excluding steroid dienone is 1. The average molecular weight is 471 g/mol. The van der Waals surface area contributed by atoms with Crippen LogP contribution in [0.3, 0.4) is 0 Å². The van der Waals surface area contributed by atoms with E-state index in [0.29, 0.717) is 64.2 Å². The number of aliphatic hydroxyl groups excluding tert-OH is 1. The van der Waals surface area contributed by atoms with Gasteiger partial charge in [0.05, 0.1) is 26.4 Å². The number of aliphatic hydroxyl groups is 1. The Balaban J connectivity index is 1.86. The summed E-state index contributed by atoms with van der Waals surface area (Å²) in [5.74, 6) is 0.756. The van der Waals surface area contributed by atoms with Gasteiger partial charge in [-0.2, -0.15) is 0 Å². The first kappa shape index (κ1) is 27.6. The molecule has 9 heteroatoms. The molecule has 2 rings (SSSR count). The molecule has 2 amide bonds. The molecule has 33 heavy (non-hydrogen) atoms. The number of carbonyl (C=O) groups excluding carboxylic acids is 2. The molecule has 2 N–H and O–H groups in total. The van der Waals surface area contributed by atoms with Gasteiger partial charge in [-0.15, -0.1) is 0 Å². The minimum Gasteiger partial charge on any atom is -0.459 e. The van der Waals surface area contributed by atoms with Crippen molar-refractivity contribution in [1.82, 2.24) is 10.2 Å². The van der Waals surface area contributed by atoms with Gasteiger partial charge in [0.25, 0.3) is 5.91 Å². The van der Waals surface area contributed by atoms with E-state index in [2.05, 4.69) is 19.2 Å². The van der Waals surface area contributed by atoms with Gasteiger partial charge < -0.3 is 34.3 Å². The first-order chi connectivity index (χ1) is 16.0. The molecule has 0 saturated carbocycles. The summed E-state index contributed by atoms with van der Waals surface area (Å²) >= 11 is 0. The summed E-state index contributed by atoms with van der Waals surface area (Å²) in [4.78, 5) is 26.3. The number of nitrogens with zero attached hydrogens (tertiary/aromatic N) is 1. The number of rotatable bonds is 16. The molecule has 0 unspecified atom stereocenters. The highest BCUT2D eigenvalue weighted by molar-refractivity contribution is 5.91. The highest BCUT2D eigenvalue weighted by atomic mass is 16.7. The average Bonchev–Trinajstić information content (AvgIpc) is 3.21. The quantitative estimate of drug-likeness (QED) is 0.331. The molecule has 0 spiro atoms. The van der Waals surface area contributed by atoms with Crippen molar-refractivity contribution in [3.8, 4) is 0 Å². The van der Waals surface area contributed by atoms with E-state index in [1.54, 1.807) is 0 Å². The van der Waals surface area contributed by atoms with E-state index in [-0.39, 0.29) is 30.3 Å². The van der Waals surface area contributed by atoms with Gasteiger partial charge >= 0.3 is 0 Å². The molecule has 3 atom stereocenters. The van der Waals surface area contributed by atoms with Crippen LogP contribution < -0.4 is 5.32 Å². The summed E-state index contributed by atoms with van der Waals surface area (Å²) in [6.07, 6.45) is 4.42. The van der Waals surface area contributed by atoms with E-state index in [1.807, 2.05) is 17.9 Å². The van der Waals surface area contributed by atoms with Crippen molar-refractivity contribution in [2.75, 3.05) is 59.3 Å². The Bertz CT molecular complexity index is 626. The number of hydrogen-bond donors (Lipinski definition) is 2. The third-order valence-corrected chi connectivity index (χ3v) is 6.02. The van der Waals surface area contributed by atoms with Crippen molar-refractivity contribution < 1.29 is 33.6 Å². The van der Waals surface area contributed by atoms with Crippen molar-refractivity contribution in [2.45, 2.75) is 52.7 Å². The molecule has 0 aromatic heterocycles. The molecule has 0 aromatic carbocycles. The number of hydrogen-bond acceptors (Lipinski definition) is 7. The van der Waals surface area contributed by atoms with Crippen molar-refractivity contribution in [2.24, 2.45) is 17.8 Å². The van der Waals surface area contributed by atoms with Crippen LogP contribution in [0.25, 0.3) is 0 Å². The van der Waals surface area contributed by atoms with Crippen LogP contribution in [0.15, 0.2) is 11.8 Å². The molecular formula is C24H42N2O7. The third kappa shape index (κ3) is 9.23. The first-order valence-corrected chi connectivity index (χ1v) is 12.3. The van der Waals surface area contributed by atoms with Gasteiger partial charge in [0.15, 0.2) is 5.76 Å². The van der Waals surface area contributed by atoms with Gasteiger partial charge in [-0.1, -0.05) is 13.8 Å². The summed E-state index contributed by atoms with van der Waals surface area (Å²) in [5, 5.41) is 11.7. The molecule has 2 heterocycles. The van der Waals surface area contributed by atoms with Crippen molar-refractivity contribution in [1.29, 1.82) is 0 Å². The molecule has 0 aliphatic carbocycles. The third-order valence-electron chi connectivity index (χ3n) is 6.02. The van der Waals surface area contributed by atoms with Gasteiger partial charge in [0.2, 0.25) is 12.2 Å². The van der Waals surface area contributed by atoms with Crippen LogP contribution in [0, 0.1) is 17.8 Å². The van der Waals surface area contributed by atoms with E-state index >= 15 is 0 Å². The predicted octanol–water partition coefficient (Wildman–Crippen LogP) is 1.70. The largest absolute Gasteiger partial charge is 0.459 e. The fraction of sp³-hybridized carbons (Fsp3) is 0.833. The number of nitrogens with one attached hydrogen (secondary N) is 1. The lowest BCUT2D eigenvalue weighted by atomic mass is 9.79. The fourth-order valence-corrected chi connectivity index (χ4v) is 4.30. The molecule has 9 nitrogen and oxygen atoms in total. The number of likely N-dealkylation sites (tertiary alicyclic amines) is 1. The minimum absolute atomic E-state index is 0.00584. The van der Waals surface area contributed by atoms with Crippen LogP contribution in [0.5, 0.6) is 0 Å². The molecule has 0 aromatic rings. The van der Waals surface area contributed by atoms with Gasteiger partial charge in [0.1, 0.15) is 0 Å². The van der Waals surface area contributed by atoms with Crippen LogP contribution in [-0.4, -0.2) is 87.4 Å². The smallest absolute Gasteiger partial charge is 0.286 e. The highest BCUT2D eigenvalue weighted by Crippen LogP contribution is 2.36. The topological polar surface area (TPSA) is 107 Å². The Morgan fingerprint density at radius 3 is 2.67 bits per heavy atom. The Labute approximate surface area is 197 Å². The summed E-state index contributed by atoms with van der Waals surface area (Å²) in [5.41, 5.74) is 0. The summed E-state index contributed by atoms with van der Waals surface area (Å²) in [6.45, 7) is 10.4.